The van der Waals surface area contributed by atoms with Crippen LogP contribution in [0.3, 0.4) is 0 Å². The second kappa shape index (κ2) is 8.14. The van der Waals surface area contributed by atoms with Crippen LogP contribution in [0.1, 0.15) is 16.7 Å². The third kappa shape index (κ3) is 4.86. The smallest absolute Gasteiger partial charge is 0.186 e. The third-order valence-electron chi connectivity index (χ3n) is 3.03. The molecule has 0 aliphatic heterocycles. The van der Waals surface area contributed by atoms with Gasteiger partial charge in [-0.05, 0) is 36.8 Å². The van der Waals surface area contributed by atoms with Gasteiger partial charge in [0.05, 0.1) is 6.21 Å². The molecule has 0 radical (unpaired) electrons. The van der Waals surface area contributed by atoms with Crippen LogP contribution in [0, 0.1) is 6.92 Å². The van der Waals surface area contributed by atoms with Gasteiger partial charge in [0.2, 0.25) is 0 Å². The molecule has 0 bridgehead atoms. The SMILES string of the molecule is CNC(=S)N/N=C\c1ccccc1OCc1ccc(C)cc1. The van der Waals surface area contributed by atoms with Gasteiger partial charge >= 0.3 is 0 Å². The van der Waals surface area contributed by atoms with Gasteiger partial charge in [-0.2, -0.15) is 5.10 Å². The van der Waals surface area contributed by atoms with E-state index in [0.717, 1.165) is 16.9 Å². The van der Waals surface area contributed by atoms with E-state index in [-0.39, 0.29) is 0 Å². The lowest BCUT2D eigenvalue weighted by Gasteiger charge is -2.09. The van der Waals surface area contributed by atoms with E-state index in [0.29, 0.717) is 11.7 Å². The minimum Gasteiger partial charge on any atom is -0.488 e. The van der Waals surface area contributed by atoms with Gasteiger partial charge in [0.1, 0.15) is 12.4 Å². The Morgan fingerprint density at radius 2 is 1.91 bits per heavy atom. The monoisotopic (exact) mass is 313 g/mol. The molecule has 0 aliphatic carbocycles. The molecular formula is C17H19N3OS. The molecular weight excluding hydrogens is 294 g/mol. The maximum atomic E-state index is 5.88. The molecule has 2 aromatic carbocycles. The average molecular weight is 313 g/mol. The lowest BCUT2D eigenvalue weighted by molar-refractivity contribution is 0.306. The van der Waals surface area contributed by atoms with Gasteiger partial charge in [-0.1, -0.05) is 42.0 Å². The summed E-state index contributed by atoms with van der Waals surface area (Å²) < 4.78 is 5.88. The van der Waals surface area contributed by atoms with Crippen molar-refractivity contribution >= 4 is 23.5 Å². The van der Waals surface area contributed by atoms with Crippen molar-refractivity contribution in [2.24, 2.45) is 5.10 Å². The molecule has 0 amide bonds. The Bertz CT molecular complexity index is 653. The lowest BCUT2D eigenvalue weighted by Crippen LogP contribution is -2.28. The number of hydrazone groups is 1. The van der Waals surface area contributed by atoms with Crippen LogP contribution in [0.25, 0.3) is 0 Å². The first-order chi connectivity index (χ1) is 10.7. The first-order valence-corrected chi connectivity index (χ1v) is 7.38. The van der Waals surface area contributed by atoms with E-state index >= 15 is 0 Å². The zero-order valence-electron chi connectivity index (χ0n) is 12.7. The van der Waals surface area contributed by atoms with Gasteiger partial charge in [-0.15, -0.1) is 0 Å². The molecule has 0 unspecified atom stereocenters. The quantitative estimate of drug-likeness (QED) is 0.506. The van der Waals surface area contributed by atoms with E-state index in [2.05, 4.69) is 47.0 Å². The highest BCUT2D eigenvalue weighted by Gasteiger charge is 2.01. The van der Waals surface area contributed by atoms with Crippen molar-refractivity contribution in [2.75, 3.05) is 7.05 Å². The number of rotatable bonds is 5. The Labute approximate surface area is 136 Å². The summed E-state index contributed by atoms with van der Waals surface area (Å²) in [5.41, 5.74) is 5.98. The first kappa shape index (κ1) is 16.0. The largest absolute Gasteiger partial charge is 0.488 e. The average Bonchev–Trinajstić information content (AvgIpc) is 2.55. The van der Waals surface area contributed by atoms with Gasteiger partial charge < -0.3 is 10.1 Å². The number of nitrogens with one attached hydrogen (secondary N) is 2. The fourth-order valence-corrected chi connectivity index (χ4v) is 1.83. The lowest BCUT2D eigenvalue weighted by atomic mass is 10.1. The first-order valence-electron chi connectivity index (χ1n) is 6.97. The number of hydrogen-bond donors (Lipinski definition) is 2. The van der Waals surface area contributed by atoms with Crippen LogP contribution in [0.2, 0.25) is 0 Å². The number of aryl methyl sites for hydroxylation is 1. The molecule has 5 heteroatoms. The fourth-order valence-electron chi connectivity index (χ4n) is 1.78. The molecule has 114 valence electrons. The standard InChI is InChI=1S/C17H19N3OS/c1-13-7-9-14(10-8-13)12-21-16-6-4-3-5-15(16)11-19-20-17(22)18-2/h3-11H,12H2,1-2H3,(H2,18,20,22)/b19-11-. The molecule has 0 fully saturated rings. The van der Waals surface area contributed by atoms with E-state index in [1.54, 1.807) is 13.3 Å². The minimum absolute atomic E-state index is 0.467. The highest BCUT2D eigenvalue weighted by Crippen LogP contribution is 2.17. The summed E-state index contributed by atoms with van der Waals surface area (Å²) in [6, 6.07) is 16.0. The third-order valence-corrected chi connectivity index (χ3v) is 3.33. The fraction of sp³-hybridized carbons (Fsp3) is 0.176. The van der Waals surface area contributed by atoms with Crippen LogP contribution >= 0.6 is 12.2 Å². The summed E-state index contributed by atoms with van der Waals surface area (Å²) in [5.74, 6) is 0.781. The van der Waals surface area contributed by atoms with Crippen molar-refractivity contribution in [3.63, 3.8) is 0 Å². The van der Waals surface area contributed by atoms with E-state index < -0.39 is 0 Å². The molecule has 0 atom stereocenters. The number of thiocarbonyl (C=S) groups is 1. The second-order valence-corrected chi connectivity index (χ2v) is 5.17. The normalized spacial score (nSPS) is 10.5. The van der Waals surface area contributed by atoms with Gasteiger partial charge in [0, 0.05) is 12.6 Å². The number of benzene rings is 2. The maximum absolute atomic E-state index is 5.88. The Kier molecular flexibility index (Phi) is 5.91. The van der Waals surface area contributed by atoms with Gasteiger partial charge in [-0.25, -0.2) is 0 Å². The summed E-state index contributed by atoms with van der Waals surface area (Å²) >= 11 is 4.96. The summed E-state index contributed by atoms with van der Waals surface area (Å²) in [6.07, 6.45) is 1.69. The van der Waals surface area contributed by atoms with Crippen LogP contribution in [0.5, 0.6) is 5.75 Å². The van der Waals surface area contributed by atoms with Crippen molar-refractivity contribution < 1.29 is 4.74 Å². The summed E-state index contributed by atoms with van der Waals surface area (Å²) in [7, 11) is 1.74. The van der Waals surface area contributed by atoms with Gasteiger partial charge in [0.15, 0.2) is 5.11 Å². The van der Waals surface area contributed by atoms with Gasteiger partial charge in [-0.3, -0.25) is 5.43 Å². The van der Waals surface area contributed by atoms with Crippen molar-refractivity contribution in [3.05, 3.63) is 65.2 Å². The zero-order chi connectivity index (χ0) is 15.8. The van der Waals surface area contributed by atoms with Crippen LogP contribution in [-0.2, 0) is 6.61 Å². The highest BCUT2D eigenvalue weighted by atomic mass is 32.1. The van der Waals surface area contributed by atoms with Crippen LogP contribution in [0.15, 0.2) is 53.6 Å². The maximum Gasteiger partial charge on any atom is 0.186 e. The summed E-state index contributed by atoms with van der Waals surface area (Å²) in [4.78, 5) is 0. The molecule has 0 saturated carbocycles. The van der Waals surface area contributed by atoms with Crippen LogP contribution < -0.4 is 15.5 Å². The summed E-state index contributed by atoms with van der Waals surface area (Å²) in [6.45, 7) is 2.59. The number of hydrogen-bond acceptors (Lipinski definition) is 3. The molecule has 2 N–H and O–H groups in total. The number of ether oxygens (including phenoxy) is 1. The second-order valence-electron chi connectivity index (χ2n) is 4.76. The Hall–Kier alpha value is -2.40. The van der Waals surface area contributed by atoms with Crippen molar-refractivity contribution in [3.8, 4) is 5.75 Å². The van der Waals surface area contributed by atoms with Gasteiger partial charge in [0.25, 0.3) is 0 Å². The molecule has 0 spiro atoms. The molecule has 22 heavy (non-hydrogen) atoms. The molecule has 0 aromatic heterocycles. The predicted molar refractivity (Wildman–Crippen MR) is 94.3 cm³/mol. The van der Waals surface area contributed by atoms with E-state index in [1.807, 2.05) is 24.3 Å². The Morgan fingerprint density at radius 3 is 2.64 bits per heavy atom. The van der Waals surface area contributed by atoms with E-state index in [9.17, 15) is 0 Å². The number of nitrogens with zero attached hydrogens (tertiary/aromatic N) is 1. The van der Waals surface area contributed by atoms with E-state index in [4.69, 9.17) is 17.0 Å². The summed E-state index contributed by atoms with van der Waals surface area (Å²) in [5, 5.41) is 7.34. The van der Waals surface area contributed by atoms with Crippen molar-refractivity contribution in [1.29, 1.82) is 0 Å². The van der Waals surface area contributed by atoms with Crippen LogP contribution in [0.4, 0.5) is 0 Å². The highest BCUT2D eigenvalue weighted by molar-refractivity contribution is 7.80. The molecule has 2 rings (SSSR count). The Balaban J connectivity index is 2.01. The molecule has 4 nitrogen and oxygen atoms in total. The molecule has 2 aromatic rings. The van der Waals surface area contributed by atoms with E-state index in [1.165, 1.54) is 5.56 Å². The Morgan fingerprint density at radius 1 is 1.18 bits per heavy atom. The molecule has 0 heterocycles. The van der Waals surface area contributed by atoms with Crippen molar-refractivity contribution in [1.82, 2.24) is 10.7 Å². The van der Waals surface area contributed by atoms with Crippen molar-refractivity contribution in [2.45, 2.75) is 13.5 Å². The molecule has 0 saturated heterocycles. The topological polar surface area (TPSA) is 45.7 Å². The predicted octanol–water partition coefficient (Wildman–Crippen LogP) is 3.00. The minimum atomic E-state index is 0.467. The molecule has 0 aliphatic rings. The zero-order valence-corrected chi connectivity index (χ0v) is 13.5. The van der Waals surface area contributed by atoms with Crippen LogP contribution in [-0.4, -0.2) is 18.4 Å². The number of para-hydroxylation sites is 1.